The minimum absolute atomic E-state index is 0.308. The number of nitrogens with zero attached hydrogens (tertiary/aromatic N) is 2. The van der Waals surface area contributed by atoms with Crippen LogP contribution in [0.15, 0.2) is 36.5 Å². The highest BCUT2D eigenvalue weighted by atomic mass is 15.3. The highest BCUT2D eigenvalue weighted by Crippen LogP contribution is 2.43. The number of nitrogens with one attached hydrogen (secondary N) is 1. The van der Waals surface area contributed by atoms with E-state index < -0.39 is 0 Å². The topological polar surface area (TPSA) is 29.9 Å². The van der Waals surface area contributed by atoms with E-state index in [-0.39, 0.29) is 0 Å². The first-order valence-electron chi connectivity index (χ1n) is 7.56. The second-order valence-corrected chi connectivity index (χ2v) is 5.91. The van der Waals surface area contributed by atoms with Crippen molar-refractivity contribution in [2.24, 2.45) is 0 Å². The molecule has 0 aliphatic heterocycles. The number of aryl methyl sites for hydroxylation is 2. The third-order valence-corrected chi connectivity index (χ3v) is 4.51. The minimum atomic E-state index is 0.308. The third-order valence-electron chi connectivity index (χ3n) is 4.51. The lowest BCUT2D eigenvalue weighted by atomic mass is 9.64. The van der Waals surface area contributed by atoms with Crippen LogP contribution < -0.4 is 5.32 Å². The fraction of sp³-hybridized carbons (Fsp3) is 0.471. The fourth-order valence-corrected chi connectivity index (χ4v) is 3.04. The van der Waals surface area contributed by atoms with Crippen molar-refractivity contribution in [3.8, 4) is 0 Å². The standard InChI is InChI=1S/C17H23N3/c1-3-20-11-8-16(19-20)18-13-17(9-5-10-17)15-7-4-6-14(2)12-15/h4,6-8,11-12H,3,5,9-10,13H2,1-2H3,(H,18,19). The number of rotatable bonds is 5. The van der Waals surface area contributed by atoms with E-state index in [0.29, 0.717) is 5.41 Å². The van der Waals surface area contributed by atoms with Crippen LogP contribution in [0.5, 0.6) is 0 Å². The molecule has 1 aromatic heterocycles. The monoisotopic (exact) mass is 269 g/mol. The molecule has 0 saturated heterocycles. The Balaban J connectivity index is 1.73. The van der Waals surface area contributed by atoms with Gasteiger partial charge in [0.15, 0.2) is 0 Å². The average Bonchev–Trinajstić information content (AvgIpc) is 2.86. The number of hydrogen-bond acceptors (Lipinski definition) is 2. The summed E-state index contributed by atoms with van der Waals surface area (Å²) in [5.74, 6) is 0.991. The molecule has 0 bridgehead atoms. The molecule has 1 N–H and O–H groups in total. The summed E-state index contributed by atoms with van der Waals surface area (Å²) in [5, 5.41) is 8.04. The molecule has 0 amide bonds. The van der Waals surface area contributed by atoms with Gasteiger partial charge in [-0.2, -0.15) is 5.10 Å². The molecule has 0 radical (unpaired) electrons. The lowest BCUT2D eigenvalue weighted by molar-refractivity contribution is 0.260. The minimum Gasteiger partial charge on any atom is -0.368 e. The van der Waals surface area contributed by atoms with Gasteiger partial charge < -0.3 is 5.32 Å². The Morgan fingerprint density at radius 1 is 1.30 bits per heavy atom. The summed E-state index contributed by atoms with van der Waals surface area (Å²) in [7, 11) is 0. The Kier molecular flexibility index (Phi) is 3.51. The second kappa shape index (κ2) is 5.31. The first-order valence-corrected chi connectivity index (χ1v) is 7.56. The van der Waals surface area contributed by atoms with Crippen molar-refractivity contribution in [2.75, 3.05) is 11.9 Å². The number of hydrogen-bond donors (Lipinski definition) is 1. The lowest BCUT2D eigenvalue weighted by Crippen LogP contribution is -2.41. The van der Waals surface area contributed by atoms with Crippen molar-refractivity contribution in [3.05, 3.63) is 47.7 Å². The molecule has 1 fully saturated rings. The molecule has 3 heteroatoms. The third kappa shape index (κ3) is 2.45. The summed E-state index contributed by atoms with van der Waals surface area (Å²) in [6.45, 7) is 6.19. The predicted molar refractivity (Wildman–Crippen MR) is 83.1 cm³/mol. The lowest BCUT2D eigenvalue weighted by Gasteiger charge is -2.42. The fourth-order valence-electron chi connectivity index (χ4n) is 3.04. The summed E-state index contributed by atoms with van der Waals surface area (Å²) in [4.78, 5) is 0. The van der Waals surface area contributed by atoms with Crippen LogP contribution in [0.2, 0.25) is 0 Å². The van der Waals surface area contributed by atoms with E-state index in [2.05, 4.69) is 54.6 Å². The van der Waals surface area contributed by atoms with Gasteiger partial charge in [0, 0.05) is 30.8 Å². The van der Waals surface area contributed by atoms with Gasteiger partial charge in [-0.1, -0.05) is 36.2 Å². The van der Waals surface area contributed by atoms with Crippen LogP contribution in [0.4, 0.5) is 5.82 Å². The summed E-state index contributed by atoms with van der Waals surface area (Å²) < 4.78 is 1.96. The molecule has 20 heavy (non-hydrogen) atoms. The van der Waals surface area contributed by atoms with E-state index in [1.54, 1.807) is 0 Å². The average molecular weight is 269 g/mol. The zero-order chi connectivity index (χ0) is 14.0. The predicted octanol–water partition coefficient (Wildman–Crippen LogP) is 3.75. The smallest absolute Gasteiger partial charge is 0.148 e. The van der Waals surface area contributed by atoms with E-state index in [9.17, 15) is 0 Å². The van der Waals surface area contributed by atoms with Crippen LogP contribution >= 0.6 is 0 Å². The molecule has 1 aliphatic carbocycles. The van der Waals surface area contributed by atoms with Crippen molar-refractivity contribution in [3.63, 3.8) is 0 Å². The first kappa shape index (κ1) is 13.2. The molecule has 3 rings (SSSR count). The van der Waals surface area contributed by atoms with Gasteiger partial charge in [0.05, 0.1) is 0 Å². The van der Waals surface area contributed by atoms with E-state index in [0.717, 1.165) is 18.9 Å². The van der Waals surface area contributed by atoms with Gasteiger partial charge in [0.1, 0.15) is 5.82 Å². The zero-order valence-corrected chi connectivity index (χ0v) is 12.4. The Morgan fingerprint density at radius 3 is 2.75 bits per heavy atom. The van der Waals surface area contributed by atoms with Crippen LogP contribution in [-0.4, -0.2) is 16.3 Å². The van der Waals surface area contributed by atoms with E-state index in [4.69, 9.17) is 0 Å². The van der Waals surface area contributed by atoms with Gasteiger partial charge in [0.2, 0.25) is 0 Å². The molecule has 3 nitrogen and oxygen atoms in total. The molecule has 0 atom stereocenters. The van der Waals surface area contributed by atoms with Crippen molar-refractivity contribution in [1.82, 2.24) is 9.78 Å². The Labute approximate surface area is 121 Å². The number of anilines is 1. The van der Waals surface area contributed by atoms with Gasteiger partial charge in [-0.25, -0.2) is 0 Å². The Morgan fingerprint density at radius 2 is 2.15 bits per heavy atom. The Bertz CT molecular complexity index is 581. The van der Waals surface area contributed by atoms with Gasteiger partial charge >= 0.3 is 0 Å². The molecule has 0 spiro atoms. The molecular formula is C17H23N3. The molecule has 1 aliphatic rings. The maximum atomic E-state index is 4.51. The molecule has 1 aromatic carbocycles. The molecule has 1 heterocycles. The van der Waals surface area contributed by atoms with Gasteiger partial charge in [0.25, 0.3) is 0 Å². The van der Waals surface area contributed by atoms with Crippen molar-refractivity contribution >= 4 is 5.82 Å². The highest BCUT2D eigenvalue weighted by Gasteiger charge is 2.38. The second-order valence-electron chi connectivity index (χ2n) is 5.91. The normalized spacial score (nSPS) is 16.7. The van der Waals surface area contributed by atoms with E-state index in [1.165, 1.54) is 30.4 Å². The van der Waals surface area contributed by atoms with Crippen LogP contribution in [0.1, 0.15) is 37.3 Å². The van der Waals surface area contributed by atoms with Gasteiger partial charge in [-0.05, 0) is 32.3 Å². The largest absolute Gasteiger partial charge is 0.368 e. The van der Waals surface area contributed by atoms with Crippen LogP contribution in [-0.2, 0) is 12.0 Å². The van der Waals surface area contributed by atoms with Crippen molar-refractivity contribution in [1.29, 1.82) is 0 Å². The summed E-state index contributed by atoms with van der Waals surface area (Å²) >= 11 is 0. The van der Waals surface area contributed by atoms with E-state index in [1.807, 2.05) is 10.9 Å². The number of aromatic nitrogens is 2. The molecule has 1 saturated carbocycles. The quantitative estimate of drug-likeness (QED) is 0.896. The van der Waals surface area contributed by atoms with Crippen LogP contribution in [0, 0.1) is 6.92 Å². The maximum Gasteiger partial charge on any atom is 0.148 e. The van der Waals surface area contributed by atoms with Crippen LogP contribution in [0.3, 0.4) is 0 Å². The zero-order valence-electron chi connectivity index (χ0n) is 12.4. The highest BCUT2D eigenvalue weighted by molar-refractivity contribution is 5.38. The summed E-state index contributed by atoms with van der Waals surface area (Å²) in [5.41, 5.74) is 3.14. The molecule has 0 unspecified atom stereocenters. The van der Waals surface area contributed by atoms with E-state index >= 15 is 0 Å². The SMILES string of the molecule is CCn1ccc(NCC2(c3cccc(C)c3)CCC2)n1. The Hall–Kier alpha value is -1.77. The molecule has 106 valence electrons. The van der Waals surface area contributed by atoms with Crippen molar-refractivity contribution < 1.29 is 0 Å². The van der Waals surface area contributed by atoms with Crippen molar-refractivity contribution in [2.45, 2.75) is 45.1 Å². The van der Waals surface area contributed by atoms with Gasteiger partial charge in [-0.15, -0.1) is 0 Å². The molecular weight excluding hydrogens is 246 g/mol. The van der Waals surface area contributed by atoms with Crippen LogP contribution in [0.25, 0.3) is 0 Å². The molecule has 2 aromatic rings. The number of benzene rings is 1. The first-order chi connectivity index (χ1) is 9.72. The van der Waals surface area contributed by atoms with Gasteiger partial charge in [-0.3, -0.25) is 4.68 Å². The summed E-state index contributed by atoms with van der Waals surface area (Å²) in [6, 6.07) is 11.0. The maximum absolute atomic E-state index is 4.51. The summed E-state index contributed by atoms with van der Waals surface area (Å²) in [6.07, 6.45) is 5.91.